The number of hydrogen-bond acceptors (Lipinski definition) is 5. The maximum Gasteiger partial charge on any atom is 0.229 e. The Morgan fingerprint density at radius 1 is 0.900 bits per heavy atom. The van der Waals surface area contributed by atoms with Gasteiger partial charge >= 0.3 is 0 Å². The van der Waals surface area contributed by atoms with Gasteiger partial charge in [0.25, 0.3) is 0 Å². The quantitative estimate of drug-likeness (QED) is 0.565. The SMILES string of the molecule is Cc1ccc(Nc2nc3c(c(Nc4cccc(C)c4C)n2)C(=O)CC(C)C3)cc1C. The topological polar surface area (TPSA) is 66.9 Å². The maximum absolute atomic E-state index is 12.9. The van der Waals surface area contributed by atoms with Crippen LogP contribution in [0.3, 0.4) is 0 Å². The summed E-state index contributed by atoms with van der Waals surface area (Å²) in [5.74, 6) is 1.47. The first-order valence-corrected chi connectivity index (χ1v) is 10.4. The van der Waals surface area contributed by atoms with Crippen LogP contribution >= 0.6 is 0 Å². The second-order valence-electron chi connectivity index (χ2n) is 8.45. The standard InChI is InChI=1S/C25H28N4O/c1-14-11-21-23(22(30)12-14)24(27-20-8-6-7-16(3)18(20)5)29-25(28-21)26-19-10-9-15(2)17(4)13-19/h6-10,13-14H,11-12H2,1-5H3,(H2,26,27,28,29). The summed E-state index contributed by atoms with van der Waals surface area (Å²) >= 11 is 0. The molecule has 1 aliphatic rings. The van der Waals surface area contributed by atoms with Crippen molar-refractivity contribution in [3.05, 3.63) is 69.9 Å². The molecule has 1 aromatic heterocycles. The van der Waals surface area contributed by atoms with E-state index in [1.807, 2.05) is 18.2 Å². The molecule has 154 valence electrons. The lowest BCUT2D eigenvalue weighted by Crippen LogP contribution is -2.22. The highest BCUT2D eigenvalue weighted by molar-refractivity contribution is 6.03. The molecule has 30 heavy (non-hydrogen) atoms. The van der Waals surface area contributed by atoms with Crippen LogP contribution < -0.4 is 10.6 Å². The molecule has 2 N–H and O–H groups in total. The molecule has 1 heterocycles. The van der Waals surface area contributed by atoms with Crippen molar-refractivity contribution in [2.24, 2.45) is 5.92 Å². The first-order valence-electron chi connectivity index (χ1n) is 10.4. The van der Waals surface area contributed by atoms with E-state index < -0.39 is 0 Å². The Balaban J connectivity index is 1.78. The van der Waals surface area contributed by atoms with Gasteiger partial charge in [-0.05, 0) is 80.5 Å². The highest BCUT2D eigenvalue weighted by atomic mass is 16.1. The number of ketones is 1. The lowest BCUT2D eigenvalue weighted by molar-refractivity contribution is 0.0953. The zero-order chi connectivity index (χ0) is 21.4. The summed E-state index contributed by atoms with van der Waals surface area (Å²) in [5.41, 5.74) is 8.11. The minimum atomic E-state index is 0.106. The van der Waals surface area contributed by atoms with Crippen molar-refractivity contribution in [1.82, 2.24) is 9.97 Å². The third-order valence-corrected chi connectivity index (χ3v) is 5.96. The smallest absolute Gasteiger partial charge is 0.229 e. The van der Waals surface area contributed by atoms with E-state index in [9.17, 15) is 4.79 Å². The maximum atomic E-state index is 12.9. The fourth-order valence-electron chi connectivity index (χ4n) is 3.88. The number of fused-ring (bicyclic) bond motifs is 1. The molecule has 5 nitrogen and oxygen atoms in total. The molecule has 0 aliphatic heterocycles. The van der Waals surface area contributed by atoms with Gasteiger partial charge in [-0.1, -0.05) is 25.1 Å². The van der Waals surface area contributed by atoms with Crippen molar-refractivity contribution in [1.29, 1.82) is 0 Å². The first kappa shape index (κ1) is 20.1. The van der Waals surface area contributed by atoms with Gasteiger partial charge in [0, 0.05) is 17.8 Å². The Kier molecular flexibility index (Phi) is 5.29. The Morgan fingerprint density at radius 2 is 1.70 bits per heavy atom. The Labute approximate surface area is 178 Å². The van der Waals surface area contributed by atoms with Gasteiger partial charge in [0.15, 0.2) is 5.78 Å². The van der Waals surface area contributed by atoms with E-state index in [2.05, 4.69) is 63.5 Å². The van der Waals surface area contributed by atoms with Crippen molar-refractivity contribution >= 4 is 28.9 Å². The van der Waals surface area contributed by atoms with Crippen molar-refractivity contribution in [3.63, 3.8) is 0 Å². The highest BCUT2D eigenvalue weighted by Gasteiger charge is 2.28. The summed E-state index contributed by atoms with van der Waals surface area (Å²) in [4.78, 5) is 22.3. The van der Waals surface area contributed by atoms with Crippen LogP contribution in [0.15, 0.2) is 36.4 Å². The van der Waals surface area contributed by atoms with Crippen LogP contribution in [0.4, 0.5) is 23.1 Å². The summed E-state index contributed by atoms with van der Waals surface area (Å²) in [6.07, 6.45) is 1.30. The van der Waals surface area contributed by atoms with Gasteiger partial charge in [-0.15, -0.1) is 0 Å². The number of nitrogens with one attached hydrogen (secondary N) is 2. The number of benzene rings is 2. The summed E-state index contributed by atoms with van der Waals surface area (Å²) < 4.78 is 0. The van der Waals surface area contributed by atoms with E-state index in [1.165, 1.54) is 16.7 Å². The van der Waals surface area contributed by atoms with Gasteiger partial charge in [-0.3, -0.25) is 4.79 Å². The van der Waals surface area contributed by atoms with Gasteiger partial charge in [0.2, 0.25) is 5.95 Å². The van der Waals surface area contributed by atoms with Crippen LogP contribution in [0, 0.1) is 33.6 Å². The van der Waals surface area contributed by atoms with Gasteiger partial charge in [0.05, 0.1) is 11.3 Å². The van der Waals surface area contributed by atoms with E-state index >= 15 is 0 Å². The summed E-state index contributed by atoms with van der Waals surface area (Å²) in [6, 6.07) is 12.3. The molecular formula is C25H28N4O. The molecule has 0 bridgehead atoms. The number of rotatable bonds is 4. The molecular weight excluding hydrogens is 372 g/mol. The first-order chi connectivity index (χ1) is 14.3. The van der Waals surface area contributed by atoms with Crippen LogP contribution in [-0.4, -0.2) is 15.8 Å². The molecule has 0 saturated heterocycles. The molecule has 1 atom stereocenters. The molecule has 1 aliphatic carbocycles. The Hall–Kier alpha value is -3.21. The number of Topliss-reactive ketones (excluding diaryl/α,β-unsaturated/α-hetero) is 1. The fourth-order valence-corrected chi connectivity index (χ4v) is 3.88. The molecule has 0 radical (unpaired) electrons. The molecule has 0 fully saturated rings. The summed E-state index contributed by atoms with van der Waals surface area (Å²) in [5, 5.41) is 6.75. The van der Waals surface area contributed by atoms with E-state index in [0.29, 0.717) is 23.8 Å². The van der Waals surface area contributed by atoms with Crippen LogP contribution in [0.1, 0.15) is 51.7 Å². The Bertz CT molecular complexity index is 1140. The molecule has 0 amide bonds. The summed E-state index contributed by atoms with van der Waals surface area (Å²) in [7, 11) is 0. The lowest BCUT2D eigenvalue weighted by Gasteiger charge is -2.23. The number of carbonyl (C=O) groups is 1. The van der Waals surface area contributed by atoms with Gasteiger partial charge in [-0.2, -0.15) is 4.98 Å². The zero-order valence-corrected chi connectivity index (χ0v) is 18.3. The second-order valence-corrected chi connectivity index (χ2v) is 8.45. The number of hydrogen-bond donors (Lipinski definition) is 2. The van der Waals surface area contributed by atoms with Crippen LogP contribution in [-0.2, 0) is 6.42 Å². The zero-order valence-electron chi connectivity index (χ0n) is 18.3. The average Bonchev–Trinajstić information content (AvgIpc) is 2.67. The van der Waals surface area contributed by atoms with E-state index in [-0.39, 0.29) is 11.7 Å². The van der Waals surface area contributed by atoms with Gasteiger partial charge in [-0.25, -0.2) is 4.98 Å². The minimum absolute atomic E-state index is 0.106. The Morgan fingerprint density at radius 3 is 2.47 bits per heavy atom. The van der Waals surface area contributed by atoms with Crippen molar-refractivity contribution in [2.75, 3.05) is 10.6 Å². The molecule has 5 heteroatoms. The average molecular weight is 401 g/mol. The van der Waals surface area contributed by atoms with Crippen LogP contribution in [0.2, 0.25) is 0 Å². The largest absolute Gasteiger partial charge is 0.339 e. The molecule has 0 saturated carbocycles. The van der Waals surface area contributed by atoms with E-state index in [1.54, 1.807) is 0 Å². The van der Waals surface area contributed by atoms with E-state index in [4.69, 9.17) is 9.97 Å². The number of aryl methyl sites for hydroxylation is 3. The number of carbonyl (C=O) groups excluding carboxylic acids is 1. The molecule has 0 spiro atoms. The monoisotopic (exact) mass is 400 g/mol. The van der Waals surface area contributed by atoms with Crippen LogP contribution in [0.25, 0.3) is 0 Å². The summed E-state index contributed by atoms with van der Waals surface area (Å²) in [6.45, 7) is 10.4. The van der Waals surface area contributed by atoms with Crippen molar-refractivity contribution < 1.29 is 4.79 Å². The number of anilines is 4. The normalized spacial score (nSPS) is 15.6. The van der Waals surface area contributed by atoms with Gasteiger partial charge < -0.3 is 10.6 Å². The third-order valence-electron chi connectivity index (χ3n) is 5.96. The predicted molar refractivity (Wildman–Crippen MR) is 122 cm³/mol. The molecule has 4 rings (SSSR count). The third kappa shape index (κ3) is 3.92. The van der Waals surface area contributed by atoms with Crippen molar-refractivity contribution in [3.8, 4) is 0 Å². The minimum Gasteiger partial charge on any atom is -0.339 e. The van der Waals surface area contributed by atoms with Crippen molar-refractivity contribution in [2.45, 2.75) is 47.5 Å². The van der Waals surface area contributed by atoms with E-state index in [0.717, 1.165) is 29.1 Å². The van der Waals surface area contributed by atoms with Gasteiger partial charge in [0.1, 0.15) is 5.82 Å². The second kappa shape index (κ2) is 7.90. The lowest BCUT2D eigenvalue weighted by atomic mass is 9.87. The number of nitrogens with zero attached hydrogens (tertiary/aromatic N) is 2. The molecule has 3 aromatic rings. The van der Waals surface area contributed by atoms with Crippen LogP contribution in [0.5, 0.6) is 0 Å². The fraction of sp³-hybridized carbons (Fsp3) is 0.320. The molecule has 2 aromatic carbocycles. The molecule has 1 unspecified atom stereocenters. The number of aromatic nitrogens is 2. The highest BCUT2D eigenvalue weighted by Crippen LogP contribution is 2.33. The predicted octanol–water partition coefficient (Wildman–Crippen LogP) is 5.96.